The maximum Gasteiger partial charge on any atom is 0.335 e. The Morgan fingerprint density at radius 3 is 2.64 bits per heavy atom. The molecule has 25 heavy (non-hydrogen) atoms. The molecule has 2 N–H and O–H groups in total. The maximum absolute atomic E-state index is 13.8. The number of hydrogen-bond donors (Lipinski definition) is 2. The van der Waals surface area contributed by atoms with E-state index in [1.54, 1.807) is 7.11 Å². The summed E-state index contributed by atoms with van der Waals surface area (Å²) in [6.45, 7) is 1.91. The van der Waals surface area contributed by atoms with Crippen molar-refractivity contribution < 1.29 is 23.8 Å². The lowest BCUT2D eigenvalue weighted by Gasteiger charge is -2.14. The quantitative estimate of drug-likeness (QED) is 0.801. The van der Waals surface area contributed by atoms with Crippen LogP contribution in [0, 0.1) is 11.7 Å². The SMILES string of the molecule is COc1ccccc1CC(C)CC(=O)Nc1cc(C(=O)O)ccc1F. The number of amides is 1. The Morgan fingerprint density at radius 1 is 1.24 bits per heavy atom. The minimum absolute atomic E-state index is 0.00187. The number of benzene rings is 2. The molecular weight excluding hydrogens is 325 g/mol. The molecule has 0 radical (unpaired) electrons. The first-order valence-corrected chi connectivity index (χ1v) is 7.85. The lowest BCUT2D eigenvalue weighted by Crippen LogP contribution is -2.17. The van der Waals surface area contributed by atoms with Gasteiger partial charge in [0.05, 0.1) is 18.4 Å². The number of halogens is 1. The number of rotatable bonds is 7. The molecule has 6 heteroatoms. The molecular formula is C19H20FNO4. The van der Waals surface area contributed by atoms with Crippen molar-refractivity contribution in [1.82, 2.24) is 0 Å². The van der Waals surface area contributed by atoms with Crippen molar-refractivity contribution in [3.8, 4) is 5.75 Å². The summed E-state index contributed by atoms with van der Waals surface area (Å²) < 4.78 is 19.0. The van der Waals surface area contributed by atoms with Crippen LogP contribution < -0.4 is 10.1 Å². The monoisotopic (exact) mass is 345 g/mol. The number of anilines is 1. The largest absolute Gasteiger partial charge is 0.496 e. The van der Waals surface area contributed by atoms with E-state index in [1.165, 1.54) is 0 Å². The molecule has 5 nitrogen and oxygen atoms in total. The molecule has 2 aromatic carbocycles. The van der Waals surface area contributed by atoms with Gasteiger partial charge in [-0.15, -0.1) is 0 Å². The molecule has 1 amide bonds. The zero-order chi connectivity index (χ0) is 18.4. The van der Waals surface area contributed by atoms with Gasteiger partial charge in [0.1, 0.15) is 11.6 Å². The van der Waals surface area contributed by atoms with Crippen LogP contribution in [0.25, 0.3) is 0 Å². The topological polar surface area (TPSA) is 75.6 Å². The fourth-order valence-corrected chi connectivity index (χ4v) is 2.59. The zero-order valence-corrected chi connectivity index (χ0v) is 14.1. The highest BCUT2D eigenvalue weighted by molar-refractivity contribution is 5.94. The normalized spacial score (nSPS) is 11.6. The van der Waals surface area contributed by atoms with Crippen LogP contribution in [-0.4, -0.2) is 24.1 Å². The number of aromatic carboxylic acids is 1. The van der Waals surface area contributed by atoms with E-state index in [1.807, 2.05) is 31.2 Å². The molecule has 1 atom stereocenters. The van der Waals surface area contributed by atoms with Gasteiger partial charge in [-0.2, -0.15) is 0 Å². The number of carbonyl (C=O) groups is 2. The van der Waals surface area contributed by atoms with Crippen LogP contribution >= 0.6 is 0 Å². The predicted octanol–water partition coefficient (Wildman–Crippen LogP) is 3.74. The number of hydrogen-bond acceptors (Lipinski definition) is 3. The third-order valence-electron chi connectivity index (χ3n) is 3.78. The van der Waals surface area contributed by atoms with Gasteiger partial charge < -0.3 is 15.2 Å². The van der Waals surface area contributed by atoms with Crippen molar-refractivity contribution in [3.63, 3.8) is 0 Å². The first-order chi connectivity index (χ1) is 11.9. The first kappa shape index (κ1) is 18.4. The minimum Gasteiger partial charge on any atom is -0.496 e. The average Bonchev–Trinajstić information content (AvgIpc) is 2.56. The van der Waals surface area contributed by atoms with Crippen LogP contribution in [0.1, 0.15) is 29.3 Å². The van der Waals surface area contributed by atoms with E-state index >= 15 is 0 Å². The molecule has 2 rings (SSSR count). The molecule has 0 spiro atoms. The second-order valence-electron chi connectivity index (χ2n) is 5.87. The van der Waals surface area contributed by atoms with Crippen molar-refractivity contribution in [2.75, 3.05) is 12.4 Å². The Labute approximate surface area is 145 Å². The molecule has 2 aromatic rings. The molecule has 0 heterocycles. The third-order valence-corrected chi connectivity index (χ3v) is 3.78. The Balaban J connectivity index is 2.00. The Kier molecular flexibility index (Phi) is 6.11. The van der Waals surface area contributed by atoms with Crippen molar-refractivity contribution >= 4 is 17.6 Å². The van der Waals surface area contributed by atoms with Gasteiger partial charge in [-0.05, 0) is 42.2 Å². The van der Waals surface area contributed by atoms with Crippen LogP contribution in [-0.2, 0) is 11.2 Å². The molecule has 1 unspecified atom stereocenters. The van der Waals surface area contributed by atoms with E-state index in [9.17, 15) is 14.0 Å². The summed E-state index contributed by atoms with van der Waals surface area (Å²) in [5.74, 6) is -1.46. The van der Waals surface area contributed by atoms with Crippen LogP contribution in [0.5, 0.6) is 5.75 Å². The van der Waals surface area contributed by atoms with E-state index in [2.05, 4.69) is 5.32 Å². The summed E-state index contributed by atoms with van der Waals surface area (Å²) >= 11 is 0. The minimum atomic E-state index is -1.18. The van der Waals surface area contributed by atoms with Crippen LogP contribution in [0.3, 0.4) is 0 Å². The lowest BCUT2D eigenvalue weighted by atomic mass is 9.97. The number of ether oxygens (including phenoxy) is 1. The molecule has 132 valence electrons. The molecule has 0 bridgehead atoms. The maximum atomic E-state index is 13.8. The van der Waals surface area contributed by atoms with E-state index in [4.69, 9.17) is 9.84 Å². The Bertz CT molecular complexity index is 776. The highest BCUT2D eigenvalue weighted by Gasteiger charge is 2.15. The highest BCUT2D eigenvalue weighted by Crippen LogP contribution is 2.23. The van der Waals surface area contributed by atoms with Gasteiger partial charge in [-0.1, -0.05) is 25.1 Å². The lowest BCUT2D eigenvalue weighted by molar-refractivity contribution is -0.117. The van der Waals surface area contributed by atoms with Gasteiger partial charge in [0.2, 0.25) is 5.91 Å². The second-order valence-corrected chi connectivity index (χ2v) is 5.87. The molecule has 0 aromatic heterocycles. The third kappa shape index (κ3) is 5.04. The van der Waals surface area contributed by atoms with Gasteiger partial charge in [0.15, 0.2) is 0 Å². The van der Waals surface area contributed by atoms with Crippen molar-refractivity contribution in [2.45, 2.75) is 19.8 Å². The zero-order valence-electron chi connectivity index (χ0n) is 14.1. The number of carboxylic acids is 1. The number of carbonyl (C=O) groups excluding carboxylic acids is 1. The van der Waals surface area contributed by atoms with Crippen molar-refractivity contribution in [3.05, 3.63) is 59.4 Å². The average molecular weight is 345 g/mol. The van der Waals surface area contributed by atoms with Crippen LogP contribution in [0.2, 0.25) is 0 Å². The summed E-state index contributed by atoms with van der Waals surface area (Å²) in [7, 11) is 1.59. The fourth-order valence-electron chi connectivity index (χ4n) is 2.59. The van der Waals surface area contributed by atoms with Crippen molar-refractivity contribution in [2.24, 2.45) is 5.92 Å². The summed E-state index contributed by atoms with van der Waals surface area (Å²) in [4.78, 5) is 23.1. The van der Waals surface area contributed by atoms with E-state index in [0.29, 0.717) is 6.42 Å². The van der Waals surface area contributed by atoms with Gasteiger partial charge in [-0.25, -0.2) is 9.18 Å². The number of carboxylic acid groups (broad SMARTS) is 1. The van der Waals surface area contributed by atoms with Gasteiger partial charge in [0, 0.05) is 6.42 Å². The predicted molar refractivity (Wildman–Crippen MR) is 92.5 cm³/mol. The Morgan fingerprint density at radius 2 is 1.96 bits per heavy atom. The smallest absolute Gasteiger partial charge is 0.335 e. The standard InChI is InChI=1S/C19H20FNO4/c1-12(9-13-5-3-4-6-17(13)25-2)10-18(22)21-16-11-14(19(23)24)7-8-15(16)20/h3-8,11-12H,9-10H2,1-2H3,(H,21,22)(H,23,24). The van der Waals surface area contributed by atoms with Crippen molar-refractivity contribution in [1.29, 1.82) is 0 Å². The summed E-state index contributed by atoms with van der Waals surface area (Å²) in [5.41, 5.74) is 0.775. The second kappa shape index (κ2) is 8.28. The Hall–Kier alpha value is -2.89. The highest BCUT2D eigenvalue weighted by atomic mass is 19.1. The molecule has 0 saturated heterocycles. The molecule has 0 aliphatic carbocycles. The van der Waals surface area contributed by atoms with E-state index < -0.39 is 11.8 Å². The molecule has 0 aliphatic rings. The number of para-hydroxylation sites is 1. The summed E-state index contributed by atoms with van der Waals surface area (Å²) in [6.07, 6.45) is 0.809. The van der Waals surface area contributed by atoms with Crippen LogP contribution in [0.4, 0.5) is 10.1 Å². The van der Waals surface area contributed by atoms with Gasteiger partial charge in [0.25, 0.3) is 0 Å². The molecule has 0 fully saturated rings. The summed E-state index contributed by atoms with van der Waals surface area (Å²) in [6, 6.07) is 10.9. The van der Waals surface area contributed by atoms with Gasteiger partial charge >= 0.3 is 5.97 Å². The summed E-state index contributed by atoms with van der Waals surface area (Å²) in [5, 5.41) is 11.4. The number of nitrogens with one attached hydrogen (secondary N) is 1. The molecule has 0 aliphatic heterocycles. The molecule has 0 saturated carbocycles. The van der Waals surface area contributed by atoms with Crippen LogP contribution in [0.15, 0.2) is 42.5 Å². The number of methoxy groups -OCH3 is 1. The van der Waals surface area contributed by atoms with E-state index in [-0.39, 0.29) is 29.5 Å². The van der Waals surface area contributed by atoms with E-state index in [0.717, 1.165) is 29.5 Å². The first-order valence-electron chi connectivity index (χ1n) is 7.85. The van der Waals surface area contributed by atoms with Gasteiger partial charge in [-0.3, -0.25) is 4.79 Å². The fraction of sp³-hybridized carbons (Fsp3) is 0.263.